The van der Waals surface area contributed by atoms with Gasteiger partial charge in [-0.15, -0.1) is 5.10 Å². The summed E-state index contributed by atoms with van der Waals surface area (Å²) in [6, 6.07) is 10.7. The fourth-order valence-electron chi connectivity index (χ4n) is 2.62. The lowest BCUT2D eigenvalue weighted by atomic mass is 10.2. The van der Waals surface area contributed by atoms with Crippen molar-refractivity contribution in [2.45, 2.75) is 6.92 Å². The molecule has 1 heterocycles. The summed E-state index contributed by atoms with van der Waals surface area (Å²) in [6.45, 7) is 1.86. The Hall–Kier alpha value is -4.48. The summed E-state index contributed by atoms with van der Waals surface area (Å²) in [5.74, 6) is -0.754. The van der Waals surface area contributed by atoms with Gasteiger partial charge < -0.3 is 14.8 Å². The van der Waals surface area contributed by atoms with Gasteiger partial charge in [0.1, 0.15) is 11.5 Å². The van der Waals surface area contributed by atoms with Gasteiger partial charge in [-0.25, -0.2) is 0 Å². The molecule has 2 aromatic carbocycles. The van der Waals surface area contributed by atoms with E-state index in [-0.39, 0.29) is 23.0 Å². The molecule has 0 unspecified atom stereocenters. The van der Waals surface area contributed by atoms with E-state index in [9.17, 15) is 25.0 Å². The van der Waals surface area contributed by atoms with Gasteiger partial charge in [0.2, 0.25) is 5.69 Å². The van der Waals surface area contributed by atoms with Gasteiger partial charge in [-0.05, 0) is 24.6 Å². The van der Waals surface area contributed by atoms with E-state index in [0.29, 0.717) is 5.75 Å². The Morgan fingerprint density at radius 3 is 2.50 bits per heavy atom. The molecule has 2 N–H and O–H groups in total. The molecule has 0 radical (unpaired) electrons. The Morgan fingerprint density at radius 1 is 1.10 bits per heavy atom. The van der Waals surface area contributed by atoms with Crippen LogP contribution in [-0.2, 0) is 0 Å². The Labute approximate surface area is 168 Å². The highest BCUT2D eigenvalue weighted by molar-refractivity contribution is 6.06. The number of non-ortho nitro benzene ring substituents is 1. The second-order valence-electron chi connectivity index (χ2n) is 6.06. The van der Waals surface area contributed by atoms with E-state index in [0.717, 1.165) is 11.6 Å². The largest absolute Gasteiger partial charge is 0.475 e. The summed E-state index contributed by atoms with van der Waals surface area (Å²) in [5.41, 5.74) is -0.542. The molecule has 0 saturated carbocycles. The highest BCUT2D eigenvalue weighted by Crippen LogP contribution is 2.32. The number of hydrogen-bond donors (Lipinski definition) is 2. The van der Waals surface area contributed by atoms with E-state index >= 15 is 0 Å². The van der Waals surface area contributed by atoms with Gasteiger partial charge in [-0.3, -0.25) is 30.1 Å². The number of methoxy groups -OCH3 is 1. The normalized spacial score (nSPS) is 10.3. The Balaban J connectivity index is 1.93. The molecule has 0 fully saturated rings. The van der Waals surface area contributed by atoms with Crippen molar-refractivity contribution in [3.8, 4) is 17.4 Å². The number of nitrogens with one attached hydrogen (secondary N) is 2. The fraction of sp³-hybridized carbons (Fsp3) is 0.111. The maximum Gasteiger partial charge on any atom is 0.362 e. The van der Waals surface area contributed by atoms with Crippen LogP contribution in [0.3, 0.4) is 0 Å². The summed E-state index contributed by atoms with van der Waals surface area (Å²) >= 11 is 0. The third-order valence-electron chi connectivity index (χ3n) is 3.90. The number of nitro groups is 2. The molecule has 0 aliphatic heterocycles. The SMILES string of the molecule is COc1n[nH]c(C(=O)Nc2cc(Oc3cccc(C)c3)cc([N+](=O)[O-])c2)c1[N+](=O)[O-]. The second-order valence-corrected chi connectivity index (χ2v) is 6.06. The quantitative estimate of drug-likeness (QED) is 0.438. The number of aromatic nitrogens is 2. The van der Waals surface area contributed by atoms with Crippen LogP contribution in [0.15, 0.2) is 42.5 Å². The number of hydrogen-bond acceptors (Lipinski definition) is 8. The van der Waals surface area contributed by atoms with E-state index in [2.05, 4.69) is 15.5 Å². The van der Waals surface area contributed by atoms with Gasteiger partial charge >= 0.3 is 11.6 Å². The minimum absolute atomic E-state index is 0.000261. The first-order valence-electron chi connectivity index (χ1n) is 8.40. The van der Waals surface area contributed by atoms with Crippen LogP contribution >= 0.6 is 0 Å². The van der Waals surface area contributed by atoms with Crippen LogP contribution in [0.5, 0.6) is 17.4 Å². The van der Waals surface area contributed by atoms with E-state index in [1.54, 1.807) is 18.2 Å². The molecule has 1 aromatic heterocycles. The molecule has 1 amide bonds. The summed E-state index contributed by atoms with van der Waals surface area (Å²) in [5, 5.41) is 30.7. The van der Waals surface area contributed by atoms with Crippen LogP contribution in [0.25, 0.3) is 0 Å². The van der Waals surface area contributed by atoms with Crippen LogP contribution in [0.1, 0.15) is 16.1 Å². The van der Waals surface area contributed by atoms with Gasteiger partial charge in [-0.2, -0.15) is 0 Å². The molecule has 3 rings (SSSR count). The first-order valence-corrected chi connectivity index (χ1v) is 8.40. The Kier molecular flexibility index (Phi) is 5.58. The van der Waals surface area contributed by atoms with Crippen LogP contribution < -0.4 is 14.8 Å². The Morgan fingerprint density at radius 2 is 1.87 bits per heavy atom. The van der Waals surface area contributed by atoms with Crippen LogP contribution in [-0.4, -0.2) is 33.1 Å². The summed E-state index contributed by atoms with van der Waals surface area (Å²) in [6.07, 6.45) is 0. The van der Waals surface area contributed by atoms with Gasteiger partial charge in [0.15, 0.2) is 0 Å². The standard InChI is InChI=1S/C18H15N5O7/c1-10-4-3-5-13(6-10)30-14-8-11(7-12(9-14)22(25)26)19-17(24)15-16(23(27)28)18(29-2)21-20-15/h3-9H,1-2H3,(H,19,24)(H,20,21). The van der Waals surface area contributed by atoms with Crippen molar-refractivity contribution in [1.29, 1.82) is 0 Å². The molecule has 30 heavy (non-hydrogen) atoms. The molecular formula is C18H15N5O7. The monoisotopic (exact) mass is 413 g/mol. The number of benzene rings is 2. The average Bonchev–Trinajstić information content (AvgIpc) is 3.12. The van der Waals surface area contributed by atoms with Crippen molar-refractivity contribution in [2.24, 2.45) is 0 Å². The van der Waals surface area contributed by atoms with Crippen molar-refractivity contribution in [3.05, 3.63) is 74.0 Å². The maximum atomic E-state index is 12.5. The fourth-order valence-corrected chi connectivity index (χ4v) is 2.62. The number of carbonyl (C=O) groups excluding carboxylic acids is 1. The lowest BCUT2D eigenvalue weighted by Gasteiger charge is -2.09. The molecule has 0 saturated heterocycles. The van der Waals surface area contributed by atoms with Crippen molar-refractivity contribution in [1.82, 2.24) is 10.2 Å². The molecule has 0 aliphatic carbocycles. The molecule has 12 heteroatoms. The van der Waals surface area contributed by atoms with Crippen LogP contribution in [0.2, 0.25) is 0 Å². The smallest absolute Gasteiger partial charge is 0.362 e. The molecular weight excluding hydrogens is 398 g/mol. The number of aryl methyl sites for hydroxylation is 1. The number of nitro benzene ring substituents is 1. The molecule has 3 aromatic rings. The number of anilines is 1. The zero-order chi connectivity index (χ0) is 21.8. The molecule has 0 bridgehead atoms. The lowest BCUT2D eigenvalue weighted by Crippen LogP contribution is -2.14. The third-order valence-corrected chi connectivity index (χ3v) is 3.90. The first kappa shape index (κ1) is 20.3. The summed E-state index contributed by atoms with van der Waals surface area (Å²) in [7, 11) is 1.17. The topological polar surface area (TPSA) is 163 Å². The molecule has 0 atom stereocenters. The summed E-state index contributed by atoms with van der Waals surface area (Å²) < 4.78 is 10.4. The zero-order valence-corrected chi connectivity index (χ0v) is 15.7. The predicted octanol–water partition coefficient (Wildman–Crippen LogP) is 3.59. The number of carbonyl (C=O) groups is 1. The number of nitrogens with zero attached hydrogens (tertiary/aromatic N) is 3. The van der Waals surface area contributed by atoms with E-state index in [1.807, 2.05) is 13.0 Å². The number of H-pyrrole nitrogens is 1. The number of amides is 1. The van der Waals surface area contributed by atoms with Crippen molar-refractivity contribution < 1.29 is 24.1 Å². The van der Waals surface area contributed by atoms with Crippen LogP contribution in [0.4, 0.5) is 17.1 Å². The average molecular weight is 413 g/mol. The molecule has 0 spiro atoms. The number of aromatic amines is 1. The molecule has 154 valence electrons. The highest BCUT2D eigenvalue weighted by atomic mass is 16.6. The van der Waals surface area contributed by atoms with Gasteiger partial charge in [0.25, 0.3) is 11.6 Å². The van der Waals surface area contributed by atoms with E-state index in [1.165, 1.54) is 19.2 Å². The van der Waals surface area contributed by atoms with Gasteiger partial charge in [0, 0.05) is 12.1 Å². The Bertz CT molecular complexity index is 1140. The van der Waals surface area contributed by atoms with Crippen molar-refractivity contribution in [3.63, 3.8) is 0 Å². The predicted molar refractivity (Wildman–Crippen MR) is 104 cm³/mol. The first-order chi connectivity index (χ1) is 14.3. The second kappa shape index (κ2) is 8.26. The highest BCUT2D eigenvalue weighted by Gasteiger charge is 2.30. The van der Waals surface area contributed by atoms with Crippen LogP contribution in [0, 0.1) is 27.2 Å². The maximum absolute atomic E-state index is 12.5. The summed E-state index contributed by atoms with van der Waals surface area (Å²) in [4.78, 5) is 33.5. The van der Waals surface area contributed by atoms with Gasteiger partial charge in [-0.1, -0.05) is 12.1 Å². The minimum atomic E-state index is -0.931. The number of ether oxygens (including phenoxy) is 2. The van der Waals surface area contributed by atoms with E-state index < -0.39 is 27.1 Å². The lowest BCUT2D eigenvalue weighted by molar-refractivity contribution is -0.386. The molecule has 12 nitrogen and oxygen atoms in total. The van der Waals surface area contributed by atoms with Gasteiger partial charge in [0.05, 0.1) is 28.7 Å². The zero-order valence-electron chi connectivity index (χ0n) is 15.7. The van der Waals surface area contributed by atoms with E-state index in [4.69, 9.17) is 9.47 Å². The van der Waals surface area contributed by atoms with Crippen molar-refractivity contribution >= 4 is 23.0 Å². The minimum Gasteiger partial charge on any atom is -0.475 e. The third kappa shape index (κ3) is 4.32. The van der Waals surface area contributed by atoms with Crippen molar-refractivity contribution in [2.75, 3.05) is 12.4 Å². The molecule has 0 aliphatic rings. The number of rotatable bonds is 7.